The molecule has 122 valence electrons. The van der Waals surface area contributed by atoms with Gasteiger partial charge in [0.1, 0.15) is 6.67 Å². The second-order valence-corrected chi connectivity index (χ2v) is 5.30. The molecule has 2 aromatic rings. The SMILES string of the molecule is Cc1cc(C)n(Cc2ccc(C(=O)NC(CF)C(=O)O)cc2)n1. The van der Waals surface area contributed by atoms with Gasteiger partial charge in [-0.1, -0.05) is 12.1 Å². The van der Waals surface area contributed by atoms with Gasteiger partial charge < -0.3 is 10.4 Å². The number of hydrogen-bond donors (Lipinski definition) is 2. The molecule has 0 saturated heterocycles. The first-order valence-corrected chi connectivity index (χ1v) is 7.10. The Morgan fingerprint density at radius 1 is 1.30 bits per heavy atom. The predicted octanol–water partition coefficient (Wildman–Crippen LogP) is 1.70. The molecule has 1 amide bonds. The monoisotopic (exact) mass is 319 g/mol. The highest BCUT2D eigenvalue weighted by Gasteiger charge is 2.20. The lowest BCUT2D eigenvalue weighted by molar-refractivity contribution is -0.139. The van der Waals surface area contributed by atoms with Gasteiger partial charge in [0.25, 0.3) is 5.91 Å². The molecule has 1 aromatic carbocycles. The number of amides is 1. The number of aliphatic carboxylic acids is 1. The Labute approximate surface area is 132 Å². The van der Waals surface area contributed by atoms with Gasteiger partial charge in [-0.05, 0) is 37.6 Å². The van der Waals surface area contributed by atoms with E-state index in [0.717, 1.165) is 17.0 Å². The van der Waals surface area contributed by atoms with E-state index in [1.165, 1.54) is 0 Å². The van der Waals surface area contributed by atoms with Crippen molar-refractivity contribution in [2.45, 2.75) is 26.4 Å². The van der Waals surface area contributed by atoms with Crippen LogP contribution in [0.25, 0.3) is 0 Å². The molecule has 0 bridgehead atoms. The van der Waals surface area contributed by atoms with Crippen LogP contribution in [-0.4, -0.2) is 39.5 Å². The predicted molar refractivity (Wildman–Crippen MR) is 82.1 cm³/mol. The van der Waals surface area contributed by atoms with Gasteiger partial charge in [-0.3, -0.25) is 9.48 Å². The molecule has 0 radical (unpaired) electrons. The molecule has 0 aliphatic heterocycles. The highest BCUT2D eigenvalue weighted by atomic mass is 19.1. The highest BCUT2D eigenvalue weighted by molar-refractivity contribution is 5.96. The lowest BCUT2D eigenvalue weighted by atomic mass is 10.1. The van der Waals surface area contributed by atoms with Crippen LogP contribution in [0.1, 0.15) is 27.3 Å². The Hall–Kier alpha value is -2.70. The molecule has 1 unspecified atom stereocenters. The van der Waals surface area contributed by atoms with Crippen molar-refractivity contribution in [3.05, 3.63) is 52.8 Å². The third-order valence-electron chi connectivity index (χ3n) is 3.41. The molecule has 0 spiro atoms. The van der Waals surface area contributed by atoms with Crippen LogP contribution in [-0.2, 0) is 11.3 Å². The number of hydrogen-bond acceptors (Lipinski definition) is 3. The van der Waals surface area contributed by atoms with Crippen LogP contribution in [0.2, 0.25) is 0 Å². The Bertz CT molecular complexity index is 710. The molecule has 0 fully saturated rings. The van der Waals surface area contributed by atoms with E-state index >= 15 is 0 Å². The number of halogens is 1. The summed E-state index contributed by atoms with van der Waals surface area (Å²) in [7, 11) is 0. The number of carboxylic acids is 1. The van der Waals surface area contributed by atoms with E-state index in [-0.39, 0.29) is 5.56 Å². The molecule has 0 aliphatic rings. The fourth-order valence-electron chi connectivity index (χ4n) is 2.18. The zero-order chi connectivity index (χ0) is 17.0. The topological polar surface area (TPSA) is 84.2 Å². The number of nitrogens with one attached hydrogen (secondary N) is 1. The van der Waals surface area contributed by atoms with Crippen LogP contribution >= 0.6 is 0 Å². The summed E-state index contributed by atoms with van der Waals surface area (Å²) in [6.07, 6.45) is 0. The normalized spacial score (nSPS) is 12.0. The van der Waals surface area contributed by atoms with Crippen LogP contribution < -0.4 is 5.32 Å². The van der Waals surface area contributed by atoms with Crippen molar-refractivity contribution < 1.29 is 19.1 Å². The molecule has 23 heavy (non-hydrogen) atoms. The third-order valence-corrected chi connectivity index (χ3v) is 3.41. The van der Waals surface area contributed by atoms with Gasteiger partial charge in [0, 0.05) is 11.3 Å². The number of carboxylic acid groups (broad SMARTS) is 1. The van der Waals surface area contributed by atoms with Gasteiger partial charge in [0.15, 0.2) is 6.04 Å². The fraction of sp³-hybridized carbons (Fsp3) is 0.312. The smallest absolute Gasteiger partial charge is 0.328 e. The van der Waals surface area contributed by atoms with Gasteiger partial charge in [-0.15, -0.1) is 0 Å². The van der Waals surface area contributed by atoms with Crippen molar-refractivity contribution in [1.82, 2.24) is 15.1 Å². The summed E-state index contributed by atoms with van der Waals surface area (Å²) in [5.41, 5.74) is 3.20. The first kappa shape index (κ1) is 16.7. The Morgan fingerprint density at radius 2 is 1.96 bits per heavy atom. The first-order valence-electron chi connectivity index (χ1n) is 7.10. The third kappa shape index (κ3) is 4.15. The van der Waals surface area contributed by atoms with Crippen molar-refractivity contribution in [2.24, 2.45) is 0 Å². The van der Waals surface area contributed by atoms with Crippen LogP contribution in [0.15, 0.2) is 30.3 Å². The summed E-state index contributed by atoms with van der Waals surface area (Å²) >= 11 is 0. The molecular weight excluding hydrogens is 301 g/mol. The summed E-state index contributed by atoms with van der Waals surface area (Å²) in [6, 6.07) is 7.12. The lowest BCUT2D eigenvalue weighted by Gasteiger charge is -2.11. The maximum absolute atomic E-state index is 12.5. The summed E-state index contributed by atoms with van der Waals surface area (Å²) in [5.74, 6) is -2.02. The van der Waals surface area contributed by atoms with Crippen LogP contribution in [0, 0.1) is 13.8 Å². The van der Waals surface area contributed by atoms with Gasteiger partial charge in [0.2, 0.25) is 0 Å². The second kappa shape index (κ2) is 7.04. The minimum Gasteiger partial charge on any atom is -0.480 e. The zero-order valence-electron chi connectivity index (χ0n) is 12.9. The molecule has 0 saturated carbocycles. The lowest BCUT2D eigenvalue weighted by Crippen LogP contribution is -2.42. The maximum Gasteiger partial charge on any atom is 0.328 e. The van der Waals surface area contributed by atoms with Crippen molar-refractivity contribution in [3.63, 3.8) is 0 Å². The standard InChI is InChI=1S/C16H18FN3O3/c1-10-7-11(2)20(19-10)9-12-3-5-13(6-4-12)15(21)18-14(8-17)16(22)23/h3-7,14H,8-9H2,1-2H3,(H,18,21)(H,22,23). The van der Waals surface area contributed by atoms with Gasteiger partial charge in [0.05, 0.1) is 12.2 Å². The van der Waals surface area contributed by atoms with Crippen LogP contribution in [0.3, 0.4) is 0 Å². The molecule has 7 heteroatoms. The molecule has 1 heterocycles. The van der Waals surface area contributed by atoms with E-state index in [2.05, 4.69) is 10.4 Å². The summed E-state index contributed by atoms with van der Waals surface area (Å²) in [4.78, 5) is 22.6. The van der Waals surface area contributed by atoms with Crippen molar-refractivity contribution >= 4 is 11.9 Å². The molecule has 1 atom stereocenters. The Balaban J connectivity index is 2.05. The minimum atomic E-state index is -1.53. The largest absolute Gasteiger partial charge is 0.480 e. The quantitative estimate of drug-likeness (QED) is 0.849. The zero-order valence-corrected chi connectivity index (χ0v) is 12.9. The van der Waals surface area contributed by atoms with E-state index in [9.17, 15) is 14.0 Å². The number of aryl methyl sites for hydroxylation is 2. The van der Waals surface area contributed by atoms with Gasteiger partial charge in [-0.2, -0.15) is 5.10 Å². The van der Waals surface area contributed by atoms with E-state index in [4.69, 9.17) is 5.11 Å². The molecular formula is C16H18FN3O3. The Kier molecular flexibility index (Phi) is 5.10. The van der Waals surface area contributed by atoms with E-state index in [1.807, 2.05) is 24.6 Å². The molecule has 1 aromatic heterocycles. The number of carbonyl (C=O) groups is 2. The second-order valence-electron chi connectivity index (χ2n) is 5.30. The summed E-state index contributed by atoms with van der Waals surface area (Å²) in [6.45, 7) is 3.30. The number of nitrogens with zero attached hydrogens (tertiary/aromatic N) is 2. The van der Waals surface area contributed by atoms with Gasteiger partial charge in [-0.25, -0.2) is 9.18 Å². The molecule has 0 aliphatic carbocycles. The van der Waals surface area contributed by atoms with Crippen molar-refractivity contribution in [2.75, 3.05) is 6.67 Å². The molecule has 6 nitrogen and oxygen atoms in total. The van der Waals surface area contributed by atoms with Gasteiger partial charge >= 0.3 is 5.97 Å². The van der Waals surface area contributed by atoms with Crippen LogP contribution in [0.5, 0.6) is 0 Å². The van der Waals surface area contributed by atoms with E-state index in [0.29, 0.717) is 6.54 Å². The number of rotatable bonds is 6. The van der Waals surface area contributed by atoms with Crippen molar-refractivity contribution in [1.29, 1.82) is 0 Å². The highest BCUT2D eigenvalue weighted by Crippen LogP contribution is 2.09. The number of carbonyl (C=O) groups excluding carboxylic acids is 1. The molecule has 2 rings (SSSR count). The average Bonchev–Trinajstić information content (AvgIpc) is 2.82. The summed E-state index contributed by atoms with van der Waals surface area (Å²) < 4.78 is 14.4. The average molecular weight is 319 g/mol. The van der Waals surface area contributed by atoms with E-state index < -0.39 is 24.6 Å². The van der Waals surface area contributed by atoms with E-state index in [1.54, 1.807) is 24.3 Å². The number of alkyl halides is 1. The minimum absolute atomic E-state index is 0.279. The fourth-order valence-corrected chi connectivity index (χ4v) is 2.18. The summed E-state index contributed by atoms with van der Waals surface area (Å²) in [5, 5.41) is 15.2. The maximum atomic E-state index is 12.5. The first-order chi connectivity index (χ1) is 10.9. The Morgan fingerprint density at radius 3 is 2.43 bits per heavy atom. The van der Waals surface area contributed by atoms with Crippen LogP contribution in [0.4, 0.5) is 4.39 Å². The number of benzene rings is 1. The van der Waals surface area contributed by atoms with Crippen molar-refractivity contribution in [3.8, 4) is 0 Å². The number of aromatic nitrogens is 2. The molecule has 2 N–H and O–H groups in total.